The van der Waals surface area contributed by atoms with Crippen LogP contribution in [0.3, 0.4) is 0 Å². The lowest BCUT2D eigenvalue weighted by molar-refractivity contribution is -0.384. The van der Waals surface area contributed by atoms with Gasteiger partial charge in [-0.3, -0.25) is 14.9 Å². The number of carboxylic acids is 1. The molecule has 21 heavy (non-hydrogen) atoms. The number of carboxylic acid groups (broad SMARTS) is 1. The summed E-state index contributed by atoms with van der Waals surface area (Å²) in [6.07, 6.45) is 3.68. The first kappa shape index (κ1) is 17.2. The number of hydrogen-bond acceptors (Lipinski definition) is 5. The molecule has 0 radical (unpaired) electrons. The van der Waals surface area contributed by atoms with Gasteiger partial charge < -0.3 is 10.4 Å². The molecule has 0 aliphatic carbocycles. The number of nitro groups is 1. The second-order valence-electron chi connectivity index (χ2n) is 4.70. The number of pyridine rings is 1. The fraction of sp³-hybridized carbons (Fsp3) is 0.538. The van der Waals surface area contributed by atoms with E-state index in [0.717, 1.165) is 12.8 Å². The first-order chi connectivity index (χ1) is 9.93. The normalized spacial score (nSPS) is 11.9. The van der Waals surface area contributed by atoms with E-state index in [2.05, 4.69) is 10.3 Å². The van der Waals surface area contributed by atoms with Crippen molar-refractivity contribution >= 4 is 29.1 Å². The summed E-state index contributed by atoms with van der Waals surface area (Å²) in [6, 6.07) is 1.25. The van der Waals surface area contributed by atoms with Gasteiger partial charge in [0.15, 0.2) is 0 Å². The van der Waals surface area contributed by atoms with Crippen molar-refractivity contribution in [2.24, 2.45) is 5.92 Å². The van der Waals surface area contributed by atoms with Crippen molar-refractivity contribution in [2.45, 2.75) is 32.6 Å². The summed E-state index contributed by atoms with van der Waals surface area (Å²) in [5, 5.41) is 22.7. The highest BCUT2D eigenvalue weighted by Gasteiger charge is 2.16. The van der Waals surface area contributed by atoms with Crippen LogP contribution in [0, 0.1) is 16.0 Å². The molecule has 1 atom stereocenters. The van der Waals surface area contributed by atoms with Crippen LogP contribution in [-0.2, 0) is 4.79 Å². The Morgan fingerprint density at radius 2 is 2.29 bits per heavy atom. The van der Waals surface area contributed by atoms with E-state index in [1.807, 2.05) is 6.92 Å². The zero-order chi connectivity index (χ0) is 15.8. The number of hydrogen-bond donors (Lipinski definition) is 2. The highest BCUT2D eigenvalue weighted by atomic mass is 35.5. The molecule has 0 saturated carbocycles. The predicted molar refractivity (Wildman–Crippen MR) is 79.7 cm³/mol. The van der Waals surface area contributed by atoms with Gasteiger partial charge in [0.2, 0.25) is 5.82 Å². The molecule has 1 aromatic heterocycles. The van der Waals surface area contributed by atoms with E-state index in [4.69, 9.17) is 16.7 Å². The van der Waals surface area contributed by atoms with Crippen LogP contribution in [0.25, 0.3) is 0 Å². The molecule has 1 unspecified atom stereocenters. The molecule has 1 aromatic rings. The minimum absolute atomic E-state index is 0.137. The topological polar surface area (TPSA) is 105 Å². The molecule has 0 spiro atoms. The van der Waals surface area contributed by atoms with E-state index in [1.54, 1.807) is 0 Å². The lowest BCUT2D eigenvalue weighted by atomic mass is 9.97. The third-order valence-corrected chi connectivity index (χ3v) is 3.43. The molecule has 116 valence electrons. The quantitative estimate of drug-likeness (QED) is 0.535. The van der Waals surface area contributed by atoms with E-state index < -0.39 is 10.9 Å². The Hall–Kier alpha value is -1.89. The predicted octanol–water partition coefficient (Wildman–Crippen LogP) is 3.34. The monoisotopic (exact) mass is 315 g/mol. The van der Waals surface area contributed by atoms with Crippen LogP contribution in [-0.4, -0.2) is 27.5 Å². The van der Waals surface area contributed by atoms with Gasteiger partial charge in [0.25, 0.3) is 0 Å². The third-order valence-electron chi connectivity index (χ3n) is 3.22. The molecule has 0 aliphatic rings. The van der Waals surface area contributed by atoms with Gasteiger partial charge in [0, 0.05) is 25.2 Å². The van der Waals surface area contributed by atoms with Crippen molar-refractivity contribution < 1.29 is 14.8 Å². The number of aliphatic carboxylic acids is 1. The van der Waals surface area contributed by atoms with E-state index in [-0.39, 0.29) is 28.9 Å². The number of carbonyl (C=O) groups is 1. The Balaban J connectivity index is 2.55. The van der Waals surface area contributed by atoms with Crippen LogP contribution in [0.15, 0.2) is 12.3 Å². The molecule has 0 aliphatic heterocycles. The maximum atomic E-state index is 10.9. The maximum absolute atomic E-state index is 10.9. The van der Waals surface area contributed by atoms with E-state index in [1.165, 1.54) is 12.3 Å². The van der Waals surface area contributed by atoms with Crippen molar-refractivity contribution in [3.05, 3.63) is 27.4 Å². The lowest BCUT2D eigenvalue weighted by Crippen LogP contribution is -2.12. The van der Waals surface area contributed by atoms with Crippen LogP contribution < -0.4 is 5.32 Å². The van der Waals surface area contributed by atoms with E-state index >= 15 is 0 Å². The highest BCUT2D eigenvalue weighted by molar-refractivity contribution is 6.30. The maximum Gasteiger partial charge on any atom is 0.312 e. The molecule has 0 saturated heterocycles. The summed E-state index contributed by atoms with van der Waals surface area (Å²) >= 11 is 5.69. The van der Waals surface area contributed by atoms with Crippen molar-refractivity contribution in [2.75, 3.05) is 11.9 Å². The van der Waals surface area contributed by atoms with Crippen LogP contribution in [0.1, 0.15) is 32.6 Å². The molecule has 0 amide bonds. The van der Waals surface area contributed by atoms with E-state index in [9.17, 15) is 14.9 Å². The van der Waals surface area contributed by atoms with Gasteiger partial charge in [-0.1, -0.05) is 24.9 Å². The number of nitrogens with one attached hydrogen (secondary N) is 1. The molecule has 8 heteroatoms. The summed E-state index contributed by atoms with van der Waals surface area (Å²) in [4.78, 5) is 24.8. The number of rotatable bonds is 9. The van der Waals surface area contributed by atoms with Crippen LogP contribution in [0.4, 0.5) is 11.5 Å². The van der Waals surface area contributed by atoms with Gasteiger partial charge in [-0.15, -0.1) is 0 Å². The summed E-state index contributed by atoms with van der Waals surface area (Å²) in [7, 11) is 0. The zero-order valence-electron chi connectivity index (χ0n) is 11.7. The summed E-state index contributed by atoms with van der Waals surface area (Å²) < 4.78 is 0. The smallest absolute Gasteiger partial charge is 0.312 e. The Labute approximate surface area is 127 Å². The lowest BCUT2D eigenvalue weighted by Gasteiger charge is -2.14. The molecular weight excluding hydrogens is 298 g/mol. The van der Waals surface area contributed by atoms with Crippen LogP contribution in [0.2, 0.25) is 5.02 Å². The number of aromatic nitrogens is 1. The first-order valence-corrected chi connectivity index (χ1v) is 7.07. The van der Waals surface area contributed by atoms with Crippen molar-refractivity contribution in [3.63, 3.8) is 0 Å². The largest absolute Gasteiger partial charge is 0.481 e. The van der Waals surface area contributed by atoms with Gasteiger partial charge in [0.05, 0.1) is 9.95 Å². The average Bonchev–Trinajstić information content (AvgIpc) is 2.43. The van der Waals surface area contributed by atoms with Crippen LogP contribution >= 0.6 is 11.6 Å². The molecule has 0 aromatic carbocycles. The summed E-state index contributed by atoms with van der Waals surface area (Å²) in [5.41, 5.74) is -0.166. The van der Waals surface area contributed by atoms with Gasteiger partial charge in [0.1, 0.15) is 0 Å². The minimum atomic E-state index is -0.809. The average molecular weight is 316 g/mol. The fourth-order valence-corrected chi connectivity index (χ4v) is 2.13. The zero-order valence-corrected chi connectivity index (χ0v) is 12.5. The SMILES string of the molecule is CCC(CCNc1ncc(Cl)cc1[N+](=O)[O-])CCC(=O)O. The van der Waals surface area contributed by atoms with Gasteiger partial charge in [-0.2, -0.15) is 0 Å². The van der Waals surface area contributed by atoms with Crippen molar-refractivity contribution in [1.29, 1.82) is 0 Å². The van der Waals surface area contributed by atoms with E-state index in [0.29, 0.717) is 13.0 Å². The second-order valence-corrected chi connectivity index (χ2v) is 5.14. The number of nitrogens with zero attached hydrogens (tertiary/aromatic N) is 2. The van der Waals surface area contributed by atoms with Gasteiger partial charge in [-0.25, -0.2) is 4.98 Å². The third kappa shape index (κ3) is 5.95. The Bertz CT molecular complexity index is 510. The first-order valence-electron chi connectivity index (χ1n) is 6.69. The van der Waals surface area contributed by atoms with Gasteiger partial charge in [-0.05, 0) is 18.8 Å². The number of halogens is 1. The Morgan fingerprint density at radius 1 is 1.57 bits per heavy atom. The minimum Gasteiger partial charge on any atom is -0.481 e. The molecule has 2 N–H and O–H groups in total. The molecule has 0 bridgehead atoms. The molecule has 0 fully saturated rings. The second kappa shape index (κ2) is 8.41. The summed E-state index contributed by atoms with van der Waals surface area (Å²) in [5.74, 6) is -0.367. The molecular formula is C13H18ClN3O4. The van der Waals surface area contributed by atoms with Crippen molar-refractivity contribution in [1.82, 2.24) is 4.98 Å². The molecule has 1 rings (SSSR count). The Morgan fingerprint density at radius 3 is 2.86 bits per heavy atom. The molecule has 7 nitrogen and oxygen atoms in total. The standard InChI is InChI=1S/C13H18ClN3O4/c1-2-9(3-4-12(18)19)5-6-15-13-11(17(20)21)7-10(14)8-16-13/h7-9H,2-6H2,1H3,(H,15,16)(H,18,19). The molecule has 1 heterocycles. The Kier molecular flexibility index (Phi) is 6.87. The van der Waals surface area contributed by atoms with Gasteiger partial charge >= 0.3 is 11.7 Å². The highest BCUT2D eigenvalue weighted by Crippen LogP contribution is 2.25. The van der Waals surface area contributed by atoms with Crippen molar-refractivity contribution in [3.8, 4) is 0 Å². The fourth-order valence-electron chi connectivity index (χ4n) is 1.98. The van der Waals surface area contributed by atoms with Crippen LogP contribution in [0.5, 0.6) is 0 Å². The summed E-state index contributed by atoms with van der Waals surface area (Å²) in [6.45, 7) is 2.49. The number of anilines is 1.